The Morgan fingerprint density at radius 1 is 1.43 bits per heavy atom. The van der Waals surface area contributed by atoms with E-state index in [0.717, 1.165) is 6.33 Å². The Kier molecular flexibility index (Phi) is 2.92. The number of fused-ring (bicyclic) bond motifs is 1. The van der Waals surface area contributed by atoms with Crippen LogP contribution in [0.1, 0.15) is 17.0 Å². The predicted octanol–water partition coefficient (Wildman–Crippen LogP) is 1.13. The van der Waals surface area contributed by atoms with E-state index in [1.807, 2.05) is 6.07 Å². The number of nitriles is 1. The summed E-state index contributed by atoms with van der Waals surface area (Å²) >= 11 is 0. The van der Waals surface area contributed by atoms with Gasteiger partial charge in [0.1, 0.15) is 17.5 Å². The van der Waals surface area contributed by atoms with E-state index in [2.05, 4.69) is 9.97 Å². The van der Waals surface area contributed by atoms with Crippen LogP contribution in [0.2, 0.25) is 0 Å². The second kappa shape index (κ2) is 4.76. The number of nitrogens with two attached hydrogens (primary N) is 1. The van der Waals surface area contributed by atoms with Gasteiger partial charge >= 0.3 is 0 Å². The van der Waals surface area contributed by atoms with Gasteiger partial charge in [0, 0.05) is 5.56 Å². The van der Waals surface area contributed by atoms with Crippen LogP contribution in [-0.4, -0.2) is 9.97 Å². The summed E-state index contributed by atoms with van der Waals surface area (Å²) in [6, 6.07) is 7.76. The van der Waals surface area contributed by atoms with Crippen LogP contribution in [0.3, 0.4) is 0 Å². The summed E-state index contributed by atoms with van der Waals surface area (Å²) in [5.74, 6) is -1.70. The van der Waals surface area contributed by atoms with Crippen molar-refractivity contribution in [1.82, 2.24) is 9.97 Å². The molecule has 1 aromatic heterocycles. The molecular weight excluding hydrogens is 275 g/mol. The second-order valence-corrected chi connectivity index (χ2v) is 4.40. The molecule has 0 bridgehead atoms. The summed E-state index contributed by atoms with van der Waals surface area (Å²) in [6.07, 6.45) is 1.16. The van der Waals surface area contributed by atoms with Gasteiger partial charge in [-0.2, -0.15) is 5.26 Å². The molecule has 3 N–H and O–H groups in total. The van der Waals surface area contributed by atoms with Crippen molar-refractivity contribution >= 4 is 0 Å². The largest absolute Gasteiger partial charge is 0.422 e. The number of benzene rings is 1. The summed E-state index contributed by atoms with van der Waals surface area (Å²) < 4.78 is 19.3. The molecule has 2 heterocycles. The van der Waals surface area contributed by atoms with Crippen molar-refractivity contribution in [3.8, 4) is 11.9 Å². The number of aromatic amines is 1. The van der Waals surface area contributed by atoms with E-state index in [0.29, 0.717) is 0 Å². The quantitative estimate of drug-likeness (QED) is 0.816. The van der Waals surface area contributed by atoms with Crippen LogP contribution in [0.25, 0.3) is 0 Å². The maximum Gasteiger partial charge on any atom is 0.258 e. The molecule has 0 saturated carbocycles. The molecule has 0 amide bonds. The predicted molar refractivity (Wildman–Crippen MR) is 70.6 cm³/mol. The molecule has 6 nitrogen and oxygen atoms in total. The summed E-state index contributed by atoms with van der Waals surface area (Å²) in [5.41, 5.74) is 5.39. The van der Waals surface area contributed by atoms with Crippen LogP contribution in [0.15, 0.2) is 46.8 Å². The molecule has 0 aliphatic carbocycles. The molecule has 0 fully saturated rings. The first-order valence-electron chi connectivity index (χ1n) is 6.03. The topological polar surface area (TPSA) is 105 Å². The highest BCUT2D eigenvalue weighted by molar-refractivity contribution is 5.52. The van der Waals surface area contributed by atoms with Gasteiger partial charge in [-0.3, -0.25) is 4.79 Å². The number of rotatable bonds is 1. The smallest absolute Gasteiger partial charge is 0.258 e. The van der Waals surface area contributed by atoms with Gasteiger partial charge in [-0.1, -0.05) is 18.2 Å². The lowest BCUT2D eigenvalue weighted by atomic mass is 9.85. The highest BCUT2D eigenvalue weighted by atomic mass is 19.1. The van der Waals surface area contributed by atoms with Crippen LogP contribution in [0.5, 0.6) is 5.88 Å². The molecule has 1 aliphatic heterocycles. The van der Waals surface area contributed by atoms with E-state index in [4.69, 9.17) is 10.5 Å². The van der Waals surface area contributed by atoms with Crippen molar-refractivity contribution in [2.45, 2.75) is 5.92 Å². The summed E-state index contributed by atoms with van der Waals surface area (Å²) in [5, 5.41) is 9.28. The number of allylic oxidation sites excluding steroid dienone is 1. The van der Waals surface area contributed by atoms with Crippen LogP contribution in [0, 0.1) is 17.1 Å². The summed E-state index contributed by atoms with van der Waals surface area (Å²) in [4.78, 5) is 18.3. The second-order valence-electron chi connectivity index (χ2n) is 4.40. The van der Waals surface area contributed by atoms with E-state index in [1.54, 1.807) is 6.07 Å². The van der Waals surface area contributed by atoms with Gasteiger partial charge in [-0.15, -0.1) is 0 Å². The zero-order valence-electron chi connectivity index (χ0n) is 10.6. The Labute approximate surface area is 118 Å². The fourth-order valence-electron chi connectivity index (χ4n) is 2.32. The maximum absolute atomic E-state index is 14.1. The minimum absolute atomic E-state index is 0.0221. The monoisotopic (exact) mass is 284 g/mol. The van der Waals surface area contributed by atoms with Gasteiger partial charge < -0.3 is 15.5 Å². The summed E-state index contributed by atoms with van der Waals surface area (Å²) in [7, 11) is 0. The summed E-state index contributed by atoms with van der Waals surface area (Å²) in [6.45, 7) is 0. The van der Waals surface area contributed by atoms with Gasteiger partial charge in [0.05, 0.1) is 17.8 Å². The van der Waals surface area contributed by atoms with Crippen LogP contribution >= 0.6 is 0 Å². The van der Waals surface area contributed by atoms with Crippen molar-refractivity contribution in [2.24, 2.45) is 5.73 Å². The highest BCUT2D eigenvalue weighted by Gasteiger charge is 2.35. The van der Waals surface area contributed by atoms with Crippen LogP contribution < -0.4 is 16.0 Å². The molecule has 104 valence electrons. The zero-order chi connectivity index (χ0) is 15.0. The number of nitrogens with zero attached hydrogens (tertiary/aromatic N) is 2. The number of hydrogen-bond acceptors (Lipinski definition) is 5. The van der Waals surface area contributed by atoms with Crippen LogP contribution in [-0.2, 0) is 0 Å². The molecular formula is C14H9FN4O2. The zero-order valence-corrected chi connectivity index (χ0v) is 10.6. The molecule has 1 aliphatic rings. The van der Waals surface area contributed by atoms with Crippen molar-refractivity contribution in [3.63, 3.8) is 0 Å². The first kappa shape index (κ1) is 12.9. The lowest BCUT2D eigenvalue weighted by molar-refractivity contribution is 0.374. The average Bonchev–Trinajstić information content (AvgIpc) is 2.47. The Balaban J connectivity index is 2.34. The van der Waals surface area contributed by atoms with Gasteiger partial charge in [0.15, 0.2) is 0 Å². The van der Waals surface area contributed by atoms with Gasteiger partial charge in [0.25, 0.3) is 5.56 Å². The standard InChI is InChI=1S/C14H9FN4O2/c15-9-4-2-1-3-7(9)10-8(5-16)12(17)21-14-11(10)13(20)18-6-19-14/h1-4,6,10H,17H2,(H,18,19,20)/t10-/m0/s1. The number of hydrogen-bond donors (Lipinski definition) is 2. The molecule has 2 aromatic rings. The van der Waals surface area contributed by atoms with Crippen molar-refractivity contribution < 1.29 is 9.13 Å². The van der Waals surface area contributed by atoms with Crippen LogP contribution in [0.4, 0.5) is 4.39 Å². The Bertz CT molecular complexity index is 851. The van der Waals surface area contributed by atoms with Crippen molar-refractivity contribution in [2.75, 3.05) is 0 Å². The lowest BCUT2D eigenvalue weighted by Crippen LogP contribution is -2.28. The molecule has 21 heavy (non-hydrogen) atoms. The number of nitrogens with one attached hydrogen (secondary N) is 1. The van der Waals surface area contributed by atoms with Gasteiger partial charge in [-0.25, -0.2) is 9.37 Å². The lowest BCUT2D eigenvalue weighted by Gasteiger charge is -2.24. The Morgan fingerprint density at radius 2 is 2.19 bits per heavy atom. The van der Waals surface area contributed by atoms with E-state index < -0.39 is 17.3 Å². The van der Waals surface area contributed by atoms with E-state index in [1.165, 1.54) is 18.2 Å². The molecule has 1 atom stereocenters. The molecule has 7 heteroatoms. The molecule has 0 radical (unpaired) electrons. The third-order valence-corrected chi connectivity index (χ3v) is 3.24. The highest BCUT2D eigenvalue weighted by Crippen LogP contribution is 2.39. The number of H-pyrrole nitrogens is 1. The average molecular weight is 284 g/mol. The third-order valence-electron chi connectivity index (χ3n) is 3.24. The third kappa shape index (κ3) is 1.94. The Hall–Kier alpha value is -3.14. The van der Waals surface area contributed by atoms with Crippen molar-refractivity contribution in [3.05, 3.63) is 69.3 Å². The number of halogens is 1. The normalized spacial score (nSPS) is 16.9. The molecule has 0 saturated heterocycles. The molecule has 3 rings (SSSR count). The maximum atomic E-state index is 14.1. The molecule has 0 spiro atoms. The fraction of sp³-hybridized carbons (Fsp3) is 0.0714. The first-order chi connectivity index (χ1) is 10.1. The Morgan fingerprint density at radius 3 is 2.90 bits per heavy atom. The number of aromatic nitrogens is 2. The van der Waals surface area contributed by atoms with E-state index >= 15 is 0 Å². The minimum atomic E-state index is -0.947. The SMILES string of the molecule is N#CC1=C(N)Oc2nc[nH]c(=O)c2[C@H]1c1ccccc1F. The van der Waals surface area contributed by atoms with Crippen molar-refractivity contribution in [1.29, 1.82) is 5.26 Å². The molecule has 0 unspecified atom stereocenters. The fourth-order valence-corrected chi connectivity index (χ4v) is 2.32. The van der Waals surface area contributed by atoms with E-state index in [-0.39, 0.29) is 28.5 Å². The van der Waals surface area contributed by atoms with Gasteiger partial charge in [-0.05, 0) is 6.07 Å². The minimum Gasteiger partial charge on any atom is -0.422 e. The van der Waals surface area contributed by atoms with E-state index in [9.17, 15) is 14.4 Å². The van der Waals surface area contributed by atoms with Gasteiger partial charge in [0.2, 0.25) is 11.8 Å². The molecule has 1 aromatic carbocycles. The number of ether oxygens (including phenoxy) is 1. The first-order valence-corrected chi connectivity index (χ1v) is 6.03.